The van der Waals surface area contributed by atoms with Crippen LogP contribution in [0.15, 0.2) is 62.7 Å². The fourth-order valence-corrected chi connectivity index (χ4v) is 4.23. The van der Waals surface area contributed by atoms with Crippen LogP contribution >= 0.6 is 11.8 Å². The van der Waals surface area contributed by atoms with Crippen molar-refractivity contribution in [3.8, 4) is 11.5 Å². The van der Waals surface area contributed by atoms with E-state index >= 15 is 0 Å². The maximum absolute atomic E-state index is 12.9. The van der Waals surface area contributed by atoms with E-state index in [2.05, 4.69) is 15.5 Å². The molecule has 1 N–H and O–H groups in total. The Morgan fingerprint density at radius 2 is 1.80 bits per heavy atom. The van der Waals surface area contributed by atoms with Gasteiger partial charge in [-0.1, -0.05) is 12.0 Å². The highest BCUT2D eigenvalue weighted by Crippen LogP contribution is 2.23. The molecule has 1 amide bonds. The van der Waals surface area contributed by atoms with Gasteiger partial charge in [0.2, 0.25) is 11.8 Å². The van der Waals surface area contributed by atoms with Gasteiger partial charge in [-0.15, -0.1) is 16.9 Å². The maximum Gasteiger partial charge on any atom is 0.322 e. The lowest BCUT2D eigenvalue weighted by molar-refractivity contribution is -0.116. The molecule has 0 unspecified atom stereocenters. The summed E-state index contributed by atoms with van der Waals surface area (Å²) in [6, 6.07) is 12.3. The summed E-state index contributed by atoms with van der Waals surface area (Å²) in [5, 5.41) is 10.2. The molecule has 0 spiro atoms. The minimum Gasteiger partial charge on any atom is -0.403 e. The van der Waals surface area contributed by atoms with Gasteiger partial charge in [0, 0.05) is 16.9 Å². The minimum absolute atomic E-state index is 0.0193. The summed E-state index contributed by atoms with van der Waals surface area (Å²) in [7, 11) is -3.28. The molecule has 0 bridgehead atoms. The Morgan fingerprint density at radius 1 is 1.10 bits per heavy atom. The molecule has 0 aliphatic heterocycles. The number of sulfone groups is 1. The Kier molecular flexibility index (Phi) is 7.22. The molecule has 3 rings (SSSR count). The van der Waals surface area contributed by atoms with Crippen molar-refractivity contribution in [1.29, 1.82) is 0 Å². The number of halogens is 1. The third kappa shape index (κ3) is 5.90. The molecule has 2 aromatic carbocycles. The highest BCUT2D eigenvalue weighted by atomic mass is 32.2. The van der Waals surface area contributed by atoms with Crippen LogP contribution < -0.4 is 5.32 Å². The topological polar surface area (TPSA) is 102 Å². The second-order valence-electron chi connectivity index (χ2n) is 6.29. The number of aromatic nitrogens is 2. The number of benzene rings is 2. The second kappa shape index (κ2) is 9.86. The number of nitrogens with zero attached hydrogens (tertiary/aromatic N) is 2. The first-order valence-electron chi connectivity index (χ1n) is 9.22. The van der Waals surface area contributed by atoms with Crippen molar-refractivity contribution in [3.63, 3.8) is 0 Å². The van der Waals surface area contributed by atoms with Crippen molar-refractivity contribution in [3.05, 3.63) is 54.3 Å². The average molecular weight is 450 g/mol. The van der Waals surface area contributed by atoms with Gasteiger partial charge in [0.25, 0.3) is 0 Å². The van der Waals surface area contributed by atoms with E-state index in [0.29, 0.717) is 17.7 Å². The van der Waals surface area contributed by atoms with Crippen LogP contribution in [0.2, 0.25) is 0 Å². The van der Waals surface area contributed by atoms with E-state index in [1.807, 2.05) is 0 Å². The van der Waals surface area contributed by atoms with Gasteiger partial charge < -0.3 is 4.42 Å². The van der Waals surface area contributed by atoms with E-state index in [1.165, 1.54) is 24.3 Å². The molecule has 0 aliphatic rings. The van der Waals surface area contributed by atoms with Gasteiger partial charge in [-0.2, -0.15) is 0 Å². The molecule has 0 saturated carbocycles. The summed E-state index contributed by atoms with van der Waals surface area (Å²) in [5.74, 6) is 0.374. The van der Waals surface area contributed by atoms with Crippen LogP contribution in [-0.4, -0.2) is 36.0 Å². The molecule has 7 nitrogen and oxygen atoms in total. The highest BCUT2D eigenvalue weighted by Gasteiger charge is 2.14. The minimum atomic E-state index is -3.28. The van der Waals surface area contributed by atoms with E-state index in [-0.39, 0.29) is 40.7 Å². The van der Waals surface area contributed by atoms with Gasteiger partial charge in [-0.3, -0.25) is 10.1 Å². The molecule has 0 aliphatic carbocycles. The van der Waals surface area contributed by atoms with E-state index in [0.717, 1.165) is 4.90 Å². The normalized spacial score (nSPS) is 11.4. The third-order valence-electron chi connectivity index (χ3n) is 4.14. The number of amides is 1. The number of rotatable bonds is 9. The van der Waals surface area contributed by atoms with Crippen LogP contribution in [0.1, 0.15) is 19.8 Å². The largest absolute Gasteiger partial charge is 0.403 e. The summed E-state index contributed by atoms with van der Waals surface area (Å²) in [4.78, 5) is 13.2. The van der Waals surface area contributed by atoms with Gasteiger partial charge >= 0.3 is 6.01 Å². The molecule has 10 heteroatoms. The van der Waals surface area contributed by atoms with Crippen LogP contribution in [-0.2, 0) is 14.6 Å². The molecule has 0 radical (unpaired) electrons. The molecule has 30 heavy (non-hydrogen) atoms. The highest BCUT2D eigenvalue weighted by molar-refractivity contribution is 7.99. The van der Waals surface area contributed by atoms with Crippen LogP contribution in [0.25, 0.3) is 11.5 Å². The molecule has 0 atom stereocenters. The maximum atomic E-state index is 12.9. The van der Waals surface area contributed by atoms with E-state index in [9.17, 15) is 17.6 Å². The van der Waals surface area contributed by atoms with Crippen molar-refractivity contribution in [1.82, 2.24) is 10.2 Å². The molecule has 1 aromatic heterocycles. The zero-order valence-electron chi connectivity index (χ0n) is 16.2. The van der Waals surface area contributed by atoms with Crippen molar-refractivity contribution in [2.24, 2.45) is 0 Å². The van der Waals surface area contributed by atoms with Gasteiger partial charge in [0.15, 0.2) is 9.84 Å². The monoisotopic (exact) mass is 449 g/mol. The first kappa shape index (κ1) is 22.0. The number of hydrogen-bond donors (Lipinski definition) is 1. The Labute approximate surface area is 178 Å². The Morgan fingerprint density at radius 3 is 2.47 bits per heavy atom. The Balaban J connectivity index is 1.48. The van der Waals surface area contributed by atoms with E-state index < -0.39 is 9.84 Å². The fourth-order valence-electron chi connectivity index (χ4n) is 2.50. The third-order valence-corrected chi connectivity index (χ3v) is 6.99. The van der Waals surface area contributed by atoms with Crippen molar-refractivity contribution < 1.29 is 22.0 Å². The lowest BCUT2D eigenvalue weighted by Gasteiger charge is -2.02. The van der Waals surface area contributed by atoms with E-state index in [4.69, 9.17) is 4.42 Å². The van der Waals surface area contributed by atoms with Crippen molar-refractivity contribution >= 4 is 33.5 Å². The summed E-state index contributed by atoms with van der Waals surface area (Å²) in [5.41, 5.74) is 0.550. The first-order chi connectivity index (χ1) is 14.4. The van der Waals surface area contributed by atoms with Gasteiger partial charge in [0.05, 0.1) is 10.6 Å². The molecule has 1 heterocycles. The van der Waals surface area contributed by atoms with Crippen molar-refractivity contribution in [2.45, 2.75) is 29.6 Å². The van der Waals surface area contributed by atoms with Crippen LogP contribution in [0.4, 0.5) is 10.4 Å². The first-order valence-corrected chi connectivity index (χ1v) is 11.9. The quantitative estimate of drug-likeness (QED) is 0.386. The van der Waals surface area contributed by atoms with Gasteiger partial charge in [-0.05, 0) is 60.7 Å². The number of carbonyl (C=O) groups excluding carboxylic acids is 1. The summed E-state index contributed by atoms with van der Waals surface area (Å²) in [6.45, 7) is 1.58. The molecule has 0 fully saturated rings. The molecular formula is C20H20FN3O4S2. The van der Waals surface area contributed by atoms with E-state index in [1.54, 1.807) is 43.0 Å². The number of anilines is 1. The number of hydrogen-bond acceptors (Lipinski definition) is 7. The van der Waals surface area contributed by atoms with Crippen molar-refractivity contribution in [2.75, 3.05) is 16.8 Å². The standard InChI is InChI=1S/C20H20FN3O4S2/c1-2-30(26,27)17-11-5-14(6-12-17)19-23-24-20(28-19)22-18(25)4-3-13-29-16-9-7-15(21)8-10-16/h5-12H,2-4,13H2,1H3,(H,22,24,25). The smallest absolute Gasteiger partial charge is 0.322 e. The van der Waals surface area contributed by atoms with Gasteiger partial charge in [-0.25, -0.2) is 12.8 Å². The van der Waals surface area contributed by atoms with Gasteiger partial charge in [0.1, 0.15) is 5.82 Å². The number of nitrogens with one attached hydrogen (secondary N) is 1. The summed E-state index contributed by atoms with van der Waals surface area (Å²) < 4.78 is 42.0. The zero-order chi connectivity index (χ0) is 21.6. The number of thioether (sulfide) groups is 1. The predicted octanol–water partition coefficient (Wildman–Crippen LogP) is 4.18. The lowest BCUT2D eigenvalue weighted by atomic mass is 10.2. The Hall–Kier alpha value is -2.72. The predicted molar refractivity (Wildman–Crippen MR) is 112 cm³/mol. The average Bonchev–Trinajstić information content (AvgIpc) is 3.21. The lowest BCUT2D eigenvalue weighted by Crippen LogP contribution is -2.11. The van der Waals surface area contributed by atoms with Crippen LogP contribution in [0.5, 0.6) is 0 Å². The van der Waals surface area contributed by atoms with Crippen LogP contribution in [0.3, 0.4) is 0 Å². The second-order valence-corrected chi connectivity index (χ2v) is 9.74. The fraction of sp³-hybridized carbons (Fsp3) is 0.250. The molecule has 158 valence electrons. The molecule has 3 aromatic rings. The number of carbonyl (C=O) groups is 1. The summed E-state index contributed by atoms with van der Waals surface area (Å²) >= 11 is 1.54. The SMILES string of the molecule is CCS(=O)(=O)c1ccc(-c2nnc(NC(=O)CCCSc3ccc(F)cc3)o2)cc1. The molecular weight excluding hydrogens is 429 g/mol. The summed E-state index contributed by atoms with van der Waals surface area (Å²) in [6.07, 6.45) is 0.901. The zero-order valence-corrected chi connectivity index (χ0v) is 17.8. The molecule has 0 saturated heterocycles. The van der Waals surface area contributed by atoms with Crippen LogP contribution in [0, 0.1) is 5.82 Å². The Bertz CT molecular complexity index is 1100.